The second-order valence-corrected chi connectivity index (χ2v) is 10.7. The molecule has 2 N–H and O–H groups in total. The van der Waals surface area contributed by atoms with Crippen LogP contribution in [0.5, 0.6) is 17.2 Å². The standard InChI is InChI=1S/C33H52N2O3/c1-36-30-15-11-14-28(26-30)16-18-31-29(17-19-32(37-2)33(31)38-3)21-25-35-23-10-5-4-9-22-34-24-20-27-12-7-6-8-13-27/h11,14-15,17,19,26-27,34-35H,4-10,12-13,16,18,20-25H2,1-3H3. The number of methoxy groups -OCH3 is 3. The van der Waals surface area contributed by atoms with Gasteiger partial charge in [0.05, 0.1) is 21.3 Å². The minimum atomic E-state index is 0.799. The smallest absolute Gasteiger partial charge is 0.164 e. The van der Waals surface area contributed by atoms with Crippen LogP contribution in [0.25, 0.3) is 0 Å². The summed E-state index contributed by atoms with van der Waals surface area (Å²) in [5, 5.41) is 7.33. The summed E-state index contributed by atoms with van der Waals surface area (Å²) in [6, 6.07) is 12.5. The highest BCUT2D eigenvalue weighted by atomic mass is 16.5. The van der Waals surface area contributed by atoms with E-state index in [1.165, 1.54) is 94.0 Å². The first-order valence-corrected chi connectivity index (χ1v) is 15.0. The number of unbranched alkanes of at least 4 members (excludes halogenated alkanes) is 3. The quantitative estimate of drug-likeness (QED) is 0.199. The second kappa shape index (κ2) is 18.1. The molecule has 1 aliphatic rings. The van der Waals surface area contributed by atoms with Gasteiger partial charge in [-0.05, 0) is 99.9 Å². The molecule has 1 fully saturated rings. The van der Waals surface area contributed by atoms with Crippen molar-refractivity contribution in [2.45, 2.75) is 83.5 Å². The first kappa shape index (κ1) is 30.3. The van der Waals surface area contributed by atoms with Gasteiger partial charge in [0, 0.05) is 5.56 Å². The van der Waals surface area contributed by atoms with E-state index in [1.54, 1.807) is 21.3 Å². The third-order valence-electron chi connectivity index (χ3n) is 8.03. The zero-order valence-electron chi connectivity index (χ0n) is 24.3. The van der Waals surface area contributed by atoms with E-state index in [2.05, 4.69) is 34.9 Å². The van der Waals surface area contributed by atoms with Gasteiger partial charge in [-0.1, -0.05) is 63.1 Å². The van der Waals surface area contributed by atoms with Crippen molar-refractivity contribution >= 4 is 0 Å². The summed E-state index contributed by atoms with van der Waals surface area (Å²) in [7, 11) is 5.16. The fraction of sp³-hybridized carbons (Fsp3) is 0.636. The van der Waals surface area contributed by atoms with E-state index >= 15 is 0 Å². The average Bonchev–Trinajstić information content (AvgIpc) is 2.97. The molecule has 0 aromatic heterocycles. The van der Waals surface area contributed by atoms with Gasteiger partial charge in [0.2, 0.25) is 0 Å². The first-order valence-electron chi connectivity index (χ1n) is 15.0. The largest absolute Gasteiger partial charge is 0.497 e. The molecule has 0 radical (unpaired) electrons. The first-order chi connectivity index (χ1) is 18.7. The van der Waals surface area contributed by atoms with Crippen molar-refractivity contribution in [3.05, 3.63) is 53.1 Å². The van der Waals surface area contributed by atoms with Crippen LogP contribution >= 0.6 is 0 Å². The molecule has 38 heavy (non-hydrogen) atoms. The third kappa shape index (κ3) is 10.5. The van der Waals surface area contributed by atoms with E-state index in [4.69, 9.17) is 14.2 Å². The minimum absolute atomic E-state index is 0.799. The number of aryl methyl sites for hydroxylation is 1. The Labute approximate surface area is 232 Å². The van der Waals surface area contributed by atoms with Crippen molar-refractivity contribution < 1.29 is 14.2 Å². The molecule has 3 rings (SSSR count). The van der Waals surface area contributed by atoms with Crippen LogP contribution in [0.15, 0.2) is 36.4 Å². The van der Waals surface area contributed by atoms with E-state index in [0.717, 1.165) is 55.5 Å². The van der Waals surface area contributed by atoms with Crippen molar-refractivity contribution in [3.63, 3.8) is 0 Å². The van der Waals surface area contributed by atoms with Gasteiger partial charge in [0.1, 0.15) is 5.75 Å². The lowest BCUT2D eigenvalue weighted by molar-refractivity contribution is 0.333. The number of hydrogen-bond donors (Lipinski definition) is 2. The molecule has 5 heteroatoms. The van der Waals surface area contributed by atoms with Crippen LogP contribution in [0, 0.1) is 5.92 Å². The molecule has 0 unspecified atom stereocenters. The summed E-state index contributed by atoms with van der Waals surface area (Å²) in [5.41, 5.74) is 3.84. The molecule has 212 valence electrons. The van der Waals surface area contributed by atoms with Crippen molar-refractivity contribution in [3.8, 4) is 17.2 Å². The average molecular weight is 525 g/mol. The Morgan fingerprint density at radius 3 is 2.18 bits per heavy atom. The fourth-order valence-electron chi connectivity index (χ4n) is 5.75. The number of benzene rings is 2. The lowest BCUT2D eigenvalue weighted by Gasteiger charge is -2.21. The van der Waals surface area contributed by atoms with Crippen molar-refractivity contribution in [1.29, 1.82) is 0 Å². The van der Waals surface area contributed by atoms with E-state index < -0.39 is 0 Å². The summed E-state index contributed by atoms with van der Waals surface area (Å²) in [6.45, 7) is 4.45. The number of ether oxygens (including phenoxy) is 3. The highest BCUT2D eigenvalue weighted by Gasteiger charge is 2.15. The molecular formula is C33H52N2O3. The van der Waals surface area contributed by atoms with Gasteiger partial charge in [0.25, 0.3) is 0 Å². The number of hydrogen-bond acceptors (Lipinski definition) is 5. The van der Waals surface area contributed by atoms with Crippen molar-refractivity contribution in [2.75, 3.05) is 47.5 Å². The molecule has 1 aliphatic carbocycles. The van der Waals surface area contributed by atoms with Crippen molar-refractivity contribution in [2.24, 2.45) is 5.92 Å². The molecule has 0 aliphatic heterocycles. The Morgan fingerprint density at radius 1 is 0.711 bits per heavy atom. The van der Waals surface area contributed by atoms with Crippen molar-refractivity contribution in [1.82, 2.24) is 10.6 Å². The van der Waals surface area contributed by atoms with E-state index in [-0.39, 0.29) is 0 Å². The van der Waals surface area contributed by atoms with Gasteiger partial charge in [-0.2, -0.15) is 0 Å². The molecule has 1 saturated carbocycles. The molecule has 0 heterocycles. The van der Waals surface area contributed by atoms with Crippen LogP contribution in [-0.2, 0) is 19.3 Å². The molecular weight excluding hydrogens is 472 g/mol. The molecule has 0 bridgehead atoms. The Bertz CT molecular complexity index is 911. The highest BCUT2D eigenvalue weighted by molar-refractivity contribution is 5.51. The lowest BCUT2D eigenvalue weighted by atomic mass is 9.87. The van der Waals surface area contributed by atoms with Crippen LogP contribution in [0.4, 0.5) is 0 Å². The Balaban J connectivity index is 1.33. The molecule has 5 nitrogen and oxygen atoms in total. The maximum Gasteiger partial charge on any atom is 0.164 e. The van der Waals surface area contributed by atoms with E-state index in [0.29, 0.717) is 0 Å². The summed E-state index contributed by atoms with van der Waals surface area (Å²) in [6.07, 6.45) is 16.7. The van der Waals surface area contributed by atoms with Gasteiger partial charge in [-0.3, -0.25) is 0 Å². The monoisotopic (exact) mass is 524 g/mol. The Hall–Kier alpha value is -2.24. The van der Waals surface area contributed by atoms with Gasteiger partial charge < -0.3 is 24.8 Å². The normalized spacial score (nSPS) is 14.0. The minimum Gasteiger partial charge on any atom is -0.497 e. The topological polar surface area (TPSA) is 51.8 Å². The fourth-order valence-corrected chi connectivity index (χ4v) is 5.75. The molecule has 0 amide bonds. The SMILES string of the molecule is COc1cccc(CCc2c(CCNCCCCCCNCCC3CCCCC3)ccc(OC)c2OC)c1. The summed E-state index contributed by atoms with van der Waals surface area (Å²) in [5.74, 6) is 3.55. The molecule has 2 aromatic rings. The van der Waals surface area contributed by atoms with E-state index in [9.17, 15) is 0 Å². The lowest BCUT2D eigenvalue weighted by Crippen LogP contribution is -2.21. The van der Waals surface area contributed by atoms with Crippen LogP contribution in [0.2, 0.25) is 0 Å². The predicted octanol–water partition coefficient (Wildman–Crippen LogP) is 6.75. The van der Waals surface area contributed by atoms with Crippen LogP contribution in [-0.4, -0.2) is 47.5 Å². The predicted molar refractivity (Wildman–Crippen MR) is 159 cm³/mol. The zero-order chi connectivity index (χ0) is 26.8. The zero-order valence-corrected chi connectivity index (χ0v) is 24.3. The van der Waals surface area contributed by atoms with Gasteiger partial charge in [0.15, 0.2) is 11.5 Å². The van der Waals surface area contributed by atoms with Gasteiger partial charge >= 0.3 is 0 Å². The second-order valence-electron chi connectivity index (χ2n) is 10.7. The van der Waals surface area contributed by atoms with Crippen LogP contribution in [0.3, 0.4) is 0 Å². The van der Waals surface area contributed by atoms with Gasteiger partial charge in [-0.15, -0.1) is 0 Å². The molecule has 0 spiro atoms. The maximum absolute atomic E-state index is 5.80. The number of rotatable bonds is 19. The molecule has 2 aromatic carbocycles. The summed E-state index contributed by atoms with van der Waals surface area (Å²) < 4.78 is 16.8. The van der Waals surface area contributed by atoms with Crippen LogP contribution < -0.4 is 24.8 Å². The number of nitrogens with one attached hydrogen (secondary N) is 2. The van der Waals surface area contributed by atoms with Gasteiger partial charge in [-0.25, -0.2) is 0 Å². The Morgan fingerprint density at radius 2 is 1.47 bits per heavy atom. The molecule has 0 atom stereocenters. The maximum atomic E-state index is 5.80. The van der Waals surface area contributed by atoms with Crippen LogP contribution in [0.1, 0.15) is 80.9 Å². The highest BCUT2D eigenvalue weighted by Crippen LogP contribution is 2.35. The Kier molecular flexibility index (Phi) is 14.4. The molecule has 0 saturated heterocycles. The summed E-state index contributed by atoms with van der Waals surface area (Å²) >= 11 is 0. The summed E-state index contributed by atoms with van der Waals surface area (Å²) in [4.78, 5) is 0. The van der Waals surface area contributed by atoms with E-state index in [1.807, 2.05) is 12.1 Å². The third-order valence-corrected chi connectivity index (χ3v) is 8.03.